The lowest BCUT2D eigenvalue weighted by Crippen LogP contribution is -2.38. The summed E-state index contributed by atoms with van der Waals surface area (Å²) in [7, 11) is -1.91. The molecule has 0 radical (unpaired) electrons. The maximum absolute atomic E-state index is 11.4. The molecule has 39 heavy (non-hydrogen) atoms. The summed E-state index contributed by atoms with van der Waals surface area (Å²) in [6, 6.07) is 61.0. The fourth-order valence-corrected chi connectivity index (χ4v) is 9.23. The SMILES string of the molecule is [O-]c1ccccc1Cc1ccccc1.c1ccc([P+](c2ccccc2)(c2ccccc2)c2ccccc2)cc1. The molecule has 0 bridgehead atoms. The monoisotopic (exact) mass is 522 g/mol. The van der Waals surface area contributed by atoms with E-state index in [9.17, 15) is 5.11 Å². The highest BCUT2D eigenvalue weighted by Gasteiger charge is 2.47. The Hall–Kier alpha value is -4.45. The summed E-state index contributed by atoms with van der Waals surface area (Å²) in [6.07, 6.45) is 0.723. The fraction of sp³-hybridized carbons (Fsp3) is 0.0270. The van der Waals surface area contributed by atoms with Gasteiger partial charge in [0, 0.05) is 0 Å². The number of hydrogen-bond donors (Lipinski definition) is 0. The molecular weight excluding hydrogens is 491 g/mol. The normalized spacial score (nSPS) is 10.8. The van der Waals surface area contributed by atoms with E-state index in [-0.39, 0.29) is 5.75 Å². The van der Waals surface area contributed by atoms with E-state index in [1.807, 2.05) is 42.5 Å². The number of rotatable bonds is 6. The van der Waals surface area contributed by atoms with Gasteiger partial charge < -0.3 is 5.11 Å². The van der Waals surface area contributed by atoms with Crippen molar-refractivity contribution >= 4 is 28.5 Å². The van der Waals surface area contributed by atoms with Crippen molar-refractivity contribution in [2.75, 3.05) is 0 Å². The van der Waals surface area contributed by atoms with Gasteiger partial charge in [0.2, 0.25) is 0 Å². The first-order chi connectivity index (χ1) is 19.3. The minimum absolute atomic E-state index is 0.122. The van der Waals surface area contributed by atoms with Crippen molar-refractivity contribution in [3.63, 3.8) is 0 Å². The Morgan fingerprint density at radius 2 is 0.667 bits per heavy atom. The highest BCUT2D eigenvalue weighted by atomic mass is 31.2. The van der Waals surface area contributed by atoms with Gasteiger partial charge in [0.05, 0.1) is 0 Å². The molecule has 0 aliphatic heterocycles. The Kier molecular flexibility index (Phi) is 8.64. The van der Waals surface area contributed by atoms with Crippen LogP contribution in [0.2, 0.25) is 0 Å². The Balaban J connectivity index is 0.000000186. The lowest BCUT2D eigenvalue weighted by molar-refractivity contribution is -0.269. The zero-order valence-electron chi connectivity index (χ0n) is 21.8. The second-order valence-electron chi connectivity index (χ2n) is 9.28. The predicted octanol–water partition coefficient (Wildman–Crippen LogP) is 6.66. The molecule has 6 rings (SSSR count). The Morgan fingerprint density at radius 1 is 0.359 bits per heavy atom. The molecule has 1 nitrogen and oxygen atoms in total. The van der Waals surface area contributed by atoms with Gasteiger partial charge in [-0.05, 0) is 60.5 Å². The van der Waals surface area contributed by atoms with Crippen molar-refractivity contribution in [3.05, 3.63) is 187 Å². The van der Waals surface area contributed by atoms with Gasteiger partial charge in [-0.25, -0.2) is 0 Å². The van der Waals surface area contributed by atoms with Crippen molar-refractivity contribution in [2.45, 2.75) is 6.42 Å². The fourth-order valence-electron chi connectivity index (χ4n) is 4.97. The molecule has 2 heteroatoms. The summed E-state index contributed by atoms with van der Waals surface area (Å²) in [5, 5.41) is 17.0. The second-order valence-corrected chi connectivity index (χ2v) is 12.7. The maximum Gasteiger partial charge on any atom is 0.144 e. The molecule has 0 heterocycles. The first-order valence-electron chi connectivity index (χ1n) is 13.2. The lowest BCUT2D eigenvalue weighted by atomic mass is 10.0. The Morgan fingerprint density at radius 3 is 1.03 bits per heavy atom. The van der Waals surface area contributed by atoms with Crippen LogP contribution in [0.15, 0.2) is 176 Å². The Labute approximate surface area is 232 Å². The van der Waals surface area contributed by atoms with Crippen LogP contribution in [0.3, 0.4) is 0 Å². The molecule has 0 aliphatic rings. The number of benzene rings is 6. The topological polar surface area (TPSA) is 23.1 Å². The summed E-state index contributed by atoms with van der Waals surface area (Å²) < 4.78 is 0. The lowest BCUT2D eigenvalue weighted by Gasteiger charge is -2.27. The average molecular weight is 523 g/mol. The predicted molar refractivity (Wildman–Crippen MR) is 166 cm³/mol. The van der Waals surface area contributed by atoms with Gasteiger partial charge in [-0.15, -0.1) is 5.75 Å². The van der Waals surface area contributed by atoms with Crippen molar-refractivity contribution < 1.29 is 5.11 Å². The third-order valence-corrected chi connectivity index (χ3v) is 11.1. The van der Waals surface area contributed by atoms with E-state index in [2.05, 4.69) is 121 Å². The van der Waals surface area contributed by atoms with Crippen molar-refractivity contribution in [2.24, 2.45) is 0 Å². The zero-order valence-corrected chi connectivity index (χ0v) is 22.7. The van der Waals surface area contributed by atoms with Crippen LogP contribution in [0, 0.1) is 0 Å². The van der Waals surface area contributed by atoms with Gasteiger partial charge in [-0.1, -0.05) is 133 Å². The first kappa shape index (κ1) is 26.2. The number of hydrogen-bond acceptors (Lipinski definition) is 1. The van der Waals surface area contributed by atoms with E-state index in [0.29, 0.717) is 0 Å². The summed E-state index contributed by atoms with van der Waals surface area (Å²) >= 11 is 0. The molecule has 0 N–H and O–H groups in total. The van der Waals surface area contributed by atoms with E-state index < -0.39 is 7.26 Å². The highest BCUT2D eigenvalue weighted by Crippen LogP contribution is 2.53. The summed E-state index contributed by atoms with van der Waals surface area (Å²) in [4.78, 5) is 0. The van der Waals surface area contributed by atoms with Gasteiger partial charge in [-0.3, -0.25) is 0 Å². The van der Waals surface area contributed by atoms with Crippen LogP contribution in [0.1, 0.15) is 11.1 Å². The molecule has 0 atom stereocenters. The van der Waals surface area contributed by atoms with Crippen molar-refractivity contribution in [3.8, 4) is 5.75 Å². The minimum atomic E-state index is -1.91. The average Bonchev–Trinajstić information content (AvgIpc) is 3.02. The third kappa shape index (κ3) is 6.01. The Bertz CT molecular complexity index is 1390. The molecule has 0 aromatic heterocycles. The molecule has 0 spiro atoms. The van der Waals surface area contributed by atoms with Crippen LogP contribution in [0.4, 0.5) is 0 Å². The largest absolute Gasteiger partial charge is 0.872 e. The van der Waals surface area contributed by atoms with E-state index in [4.69, 9.17) is 0 Å². The minimum Gasteiger partial charge on any atom is -0.872 e. The molecule has 0 amide bonds. The third-order valence-electron chi connectivity index (χ3n) is 6.78. The first-order valence-corrected chi connectivity index (χ1v) is 15.0. The molecule has 6 aromatic rings. The summed E-state index contributed by atoms with van der Waals surface area (Å²) in [5.41, 5.74) is 2.04. The van der Waals surface area contributed by atoms with Crippen LogP contribution in [-0.2, 0) is 6.42 Å². The van der Waals surface area contributed by atoms with E-state index in [1.54, 1.807) is 12.1 Å². The van der Waals surface area contributed by atoms with Gasteiger partial charge in [0.25, 0.3) is 0 Å². The van der Waals surface area contributed by atoms with Crippen LogP contribution < -0.4 is 26.3 Å². The standard InChI is InChI=1S/C24H20P.C13H12O/c1-5-13-21(14-6-1)25(22-15-7-2-8-16-22,23-17-9-3-10-18-23)24-19-11-4-12-20-24;14-13-9-5-4-8-12(13)10-11-6-2-1-3-7-11/h1-20H;1-9,14H,10H2/q+1;/p-1. The molecule has 0 unspecified atom stereocenters. The van der Waals surface area contributed by atoms with E-state index in [0.717, 1.165) is 12.0 Å². The molecule has 0 saturated carbocycles. The molecule has 6 aromatic carbocycles. The molecule has 0 saturated heterocycles. The molecule has 190 valence electrons. The van der Waals surface area contributed by atoms with Gasteiger partial charge in [0.15, 0.2) is 0 Å². The molecule has 0 fully saturated rings. The van der Waals surface area contributed by atoms with E-state index in [1.165, 1.54) is 26.8 Å². The van der Waals surface area contributed by atoms with Crippen LogP contribution in [0.25, 0.3) is 0 Å². The maximum atomic E-state index is 11.4. The molecule has 0 aliphatic carbocycles. The second kappa shape index (κ2) is 12.9. The van der Waals surface area contributed by atoms with Crippen LogP contribution in [0.5, 0.6) is 5.75 Å². The molecular formula is C37H31OP. The van der Waals surface area contributed by atoms with Gasteiger partial charge >= 0.3 is 0 Å². The van der Waals surface area contributed by atoms with Crippen LogP contribution >= 0.6 is 7.26 Å². The highest BCUT2D eigenvalue weighted by molar-refractivity contribution is 8.01. The number of para-hydroxylation sites is 1. The smallest absolute Gasteiger partial charge is 0.144 e. The van der Waals surface area contributed by atoms with Gasteiger partial charge in [-0.2, -0.15) is 0 Å². The zero-order chi connectivity index (χ0) is 26.8. The van der Waals surface area contributed by atoms with E-state index >= 15 is 0 Å². The summed E-state index contributed by atoms with van der Waals surface area (Å²) in [6.45, 7) is 0. The summed E-state index contributed by atoms with van der Waals surface area (Å²) in [5.74, 6) is 0.122. The quantitative estimate of drug-likeness (QED) is 0.225. The van der Waals surface area contributed by atoms with Crippen LogP contribution in [-0.4, -0.2) is 0 Å². The van der Waals surface area contributed by atoms with Crippen molar-refractivity contribution in [1.82, 2.24) is 0 Å². The van der Waals surface area contributed by atoms with Crippen molar-refractivity contribution in [1.29, 1.82) is 0 Å². The van der Waals surface area contributed by atoms with Gasteiger partial charge in [0.1, 0.15) is 28.5 Å².